The summed E-state index contributed by atoms with van der Waals surface area (Å²) in [6, 6.07) is 10.1. The highest BCUT2D eigenvalue weighted by Gasteiger charge is 2.24. The lowest BCUT2D eigenvalue weighted by molar-refractivity contribution is 0.202. The molecular formula is C23H31N7O. The van der Waals surface area contributed by atoms with Gasteiger partial charge in [-0.1, -0.05) is 32.0 Å². The van der Waals surface area contributed by atoms with Crippen LogP contribution in [0.1, 0.15) is 45.4 Å². The minimum atomic E-state index is 0.00868. The van der Waals surface area contributed by atoms with Crippen molar-refractivity contribution in [3.8, 4) is 5.69 Å². The molecule has 1 aliphatic heterocycles. The number of hydrogen-bond acceptors (Lipinski definition) is 5. The van der Waals surface area contributed by atoms with Crippen LogP contribution in [-0.2, 0) is 0 Å². The van der Waals surface area contributed by atoms with Crippen molar-refractivity contribution < 1.29 is 4.79 Å². The average Bonchev–Trinajstić information content (AvgIpc) is 3.07. The minimum Gasteiger partial charge on any atom is -0.354 e. The van der Waals surface area contributed by atoms with Gasteiger partial charge in [-0.3, -0.25) is 0 Å². The first-order chi connectivity index (χ1) is 15.1. The van der Waals surface area contributed by atoms with Crippen molar-refractivity contribution >= 4 is 22.9 Å². The Bertz CT molecular complexity index is 1030. The molecule has 0 bridgehead atoms. The molecule has 1 fully saturated rings. The largest absolute Gasteiger partial charge is 0.354 e. The summed E-state index contributed by atoms with van der Waals surface area (Å²) in [5, 5.41) is 8.51. The molecule has 0 radical (unpaired) electrons. The molecule has 31 heavy (non-hydrogen) atoms. The number of urea groups is 1. The van der Waals surface area contributed by atoms with E-state index in [1.807, 2.05) is 53.0 Å². The molecule has 1 aromatic carbocycles. The monoisotopic (exact) mass is 421 g/mol. The number of anilines is 1. The summed E-state index contributed by atoms with van der Waals surface area (Å²) in [7, 11) is 0. The van der Waals surface area contributed by atoms with Gasteiger partial charge in [-0.25, -0.2) is 19.4 Å². The number of para-hydroxylation sites is 1. The van der Waals surface area contributed by atoms with Crippen LogP contribution < -0.4 is 10.2 Å². The Morgan fingerprint density at radius 1 is 1.10 bits per heavy atom. The lowest BCUT2D eigenvalue weighted by Crippen LogP contribution is -2.42. The van der Waals surface area contributed by atoms with Gasteiger partial charge in [0.05, 0.1) is 17.3 Å². The Balaban J connectivity index is 1.73. The molecule has 3 aromatic rings. The van der Waals surface area contributed by atoms with Crippen LogP contribution in [0.2, 0.25) is 0 Å². The number of carbonyl (C=O) groups is 1. The highest BCUT2D eigenvalue weighted by Crippen LogP contribution is 2.29. The quantitative estimate of drug-likeness (QED) is 0.681. The van der Waals surface area contributed by atoms with Crippen molar-refractivity contribution in [2.24, 2.45) is 0 Å². The number of aromatic nitrogens is 4. The van der Waals surface area contributed by atoms with Gasteiger partial charge in [-0.2, -0.15) is 5.10 Å². The standard InChI is InChI=1S/C23H31N7O/c1-4-17(3)20-26-21(28-12-9-13-29(15-14-28)23(31)24-5-2)19-16-25-30(22(19)27-20)18-10-7-6-8-11-18/h6-8,10-11,16-17H,4-5,9,12-15H2,1-3H3,(H,24,31)/t17-/m1/s1. The van der Waals surface area contributed by atoms with Crippen molar-refractivity contribution in [1.29, 1.82) is 0 Å². The van der Waals surface area contributed by atoms with Crippen LogP contribution in [0.15, 0.2) is 36.5 Å². The Morgan fingerprint density at radius 3 is 2.65 bits per heavy atom. The fraction of sp³-hybridized carbons (Fsp3) is 0.478. The van der Waals surface area contributed by atoms with Crippen LogP contribution in [0.5, 0.6) is 0 Å². The molecular weight excluding hydrogens is 390 g/mol. The Morgan fingerprint density at radius 2 is 1.90 bits per heavy atom. The minimum absolute atomic E-state index is 0.00868. The number of benzene rings is 1. The zero-order valence-electron chi connectivity index (χ0n) is 18.6. The second-order valence-electron chi connectivity index (χ2n) is 8.01. The van der Waals surface area contributed by atoms with Crippen molar-refractivity contribution in [1.82, 2.24) is 30.0 Å². The highest BCUT2D eigenvalue weighted by molar-refractivity contribution is 5.88. The zero-order valence-corrected chi connectivity index (χ0v) is 18.6. The SMILES string of the molecule is CCNC(=O)N1CCCN(c2nc([C@H](C)CC)nc3c2cnn3-c2ccccc2)CC1. The number of hydrogen-bond donors (Lipinski definition) is 1. The molecule has 4 rings (SSSR count). The van der Waals surface area contributed by atoms with E-state index in [-0.39, 0.29) is 11.9 Å². The van der Waals surface area contributed by atoms with Gasteiger partial charge in [0.1, 0.15) is 11.6 Å². The van der Waals surface area contributed by atoms with Gasteiger partial charge in [0.15, 0.2) is 5.65 Å². The molecule has 3 heterocycles. The number of fused-ring (bicyclic) bond motifs is 1. The van der Waals surface area contributed by atoms with Crippen LogP contribution in [-0.4, -0.2) is 63.4 Å². The van der Waals surface area contributed by atoms with Gasteiger partial charge < -0.3 is 15.1 Å². The highest BCUT2D eigenvalue weighted by atomic mass is 16.2. The number of carbonyl (C=O) groups excluding carboxylic acids is 1. The molecule has 164 valence electrons. The van der Waals surface area contributed by atoms with Crippen molar-refractivity contribution in [3.63, 3.8) is 0 Å². The maximum Gasteiger partial charge on any atom is 0.317 e. The number of rotatable bonds is 5. The fourth-order valence-corrected chi connectivity index (χ4v) is 3.91. The third-order valence-electron chi connectivity index (χ3n) is 5.89. The van der Waals surface area contributed by atoms with E-state index in [0.717, 1.165) is 60.8 Å². The number of nitrogens with one attached hydrogen (secondary N) is 1. The second kappa shape index (κ2) is 9.32. The molecule has 0 aliphatic carbocycles. The Hall–Kier alpha value is -3.16. The van der Waals surface area contributed by atoms with Crippen molar-refractivity contribution in [3.05, 3.63) is 42.4 Å². The van der Waals surface area contributed by atoms with E-state index in [0.29, 0.717) is 13.1 Å². The lowest BCUT2D eigenvalue weighted by atomic mass is 10.1. The molecule has 8 nitrogen and oxygen atoms in total. The predicted octanol–water partition coefficient (Wildman–Crippen LogP) is 3.57. The summed E-state index contributed by atoms with van der Waals surface area (Å²) in [6.07, 6.45) is 3.73. The second-order valence-corrected chi connectivity index (χ2v) is 8.01. The molecule has 1 aliphatic rings. The summed E-state index contributed by atoms with van der Waals surface area (Å²) >= 11 is 0. The van der Waals surface area contributed by atoms with Crippen LogP contribution in [0, 0.1) is 0 Å². The lowest BCUT2D eigenvalue weighted by Gasteiger charge is -2.24. The predicted molar refractivity (Wildman–Crippen MR) is 123 cm³/mol. The van der Waals surface area contributed by atoms with E-state index >= 15 is 0 Å². The molecule has 1 atom stereocenters. The van der Waals surface area contributed by atoms with Gasteiger partial charge in [0.25, 0.3) is 0 Å². The molecule has 0 saturated carbocycles. The molecule has 0 unspecified atom stereocenters. The van der Waals surface area contributed by atoms with Crippen molar-refractivity contribution in [2.45, 2.75) is 39.5 Å². The molecule has 2 amide bonds. The van der Waals surface area contributed by atoms with Gasteiger partial charge in [-0.05, 0) is 31.9 Å². The van der Waals surface area contributed by atoms with E-state index < -0.39 is 0 Å². The van der Waals surface area contributed by atoms with Crippen LogP contribution in [0.25, 0.3) is 16.7 Å². The van der Waals surface area contributed by atoms with Crippen molar-refractivity contribution in [2.75, 3.05) is 37.6 Å². The van der Waals surface area contributed by atoms with Crippen LogP contribution in [0.3, 0.4) is 0 Å². The van der Waals surface area contributed by atoms with Crippen LogP contribution in [0.4, 0.5) is 10.6 Å². The Labute approximate surface area is 183 Å². The number of amides is 2. The van der Waals surface area contributed by atoms with Gasteiger partial charge >= 0.3 is 6.03 Å². The topological polar surface area (TPSA) is 79.2 Å². The fourth-order valence-electron chi connectivity index (χ4n) is 3.91. The third-order valence-corrected chi connectivity index (χ3v) is 5.89. The van der Waals surface area contributed by atoms with E-state index in [2.05, 4.69) is 29.2 Å². The van der Waals surface area contributed by atoms with E-state index in [1.165, 1.54) is 0 Å². The molecule has 1 N–H and O–H groups in total. The first-order valence-corrected chi connectivity index (χ1v) is 11.2. The summed E-state index contributed by atoms with van der Waals surface area (Å²) in [4.78, 5) is 26.4. The summed E-state index contributed by atoms with van der Waals surface area (Å²) < 4.78 is 1.89. The van der Waals surface area contributed by atoms with Gasteiger partial charge in [-0.15, -0.1) is 0 Å². The first kappa shape index (κ1) is 21.1. The maximum absolute atomic E-state index is 12.3. The molecule has 1 saturated heterocycles. The molecule has 2 aromatic heterocycles. The van der Waals surface area contributed by atoms with Gasteiger partial charge in [0, 0.05) is 38.6 Å². The summed E-state index contributed by atoms with van der Waals surface area (Å²) in [6.45, 7) is 9.90. The third kappa shape index (κ3) is 4.33. The normalized spacial score (nSPS) is 15.7. The van der Waals surface area contributed by atoms with E-state index in [9.17, 15) is 4.79 Å². The van der Waals surface area contributed by atoms with E-state index in [1.54, 1.807) is 0 Å². The average molecular weight is 422 g/mol. The summed E-state index contributed by atoms with van der Waals surface area (Å²) in [5.74, 6) is 2.01. The van der Waals surface area contributed by atoms with E-state index in [4.69, 9.17) is 9.97 Å². The maximum atomic E-state index is 12.3. The molecule has 8 heteroatoms. The summed E-state index contributed by atoms with van der Waals surface area (Å²) in [5.41, 5.74) is 1.81. The molecule has 0 spiro atoms. The van der Waals surface area contributed by atoms with Crippen LogP contribution >= 0.6 is 0 Å². The van der Waals surface area contributed by atoms with Gasteiger partial charge in [0.2, 0.25) is 0 Å². The zero-order chi connectivity index (χ0) is 21.8. The smallest absolute Gasteiger partial charge is 0.317 e. The number of nitrogens with zero attached hydrogens (tertiary/aromatic N) is 6. The first-order valence-electron chi connectivity index (χ1n) is 11.2. The Kier molecular flexibility index (Phi) is 6.34.